The summed E-state index contributed by atoms with van der Waals surface area (Å²) in [5, 5.41) is 0.599. The van der Waals surface area contributed by atoms with Crippen molar-refractivity contribution in [3.8, 4) is 0 Å². The Balaban J connectivity index is 1.37. The van der Waals surface area contributed by atoms with Crippen molar-refractivity contribution >= 4 is 27.5 Å². The molecule has 0 aromatic heterocycles. The molecule has 0 spiro atoms. The average Bonchev–Trinajstić information content (AvgIpc) is 3.29. The minimum Gasteiger partial charge on any atom is -0.339 e. The molecule has 2 N–H and O–H groups in total. The molecule has 2 fully saturated rings. The van der Waals surface area contributed by atoms with E-state index in [1.807, 2.05) is 18.2 Å². The van der Waals surface area contributed by atoms with Crippen molar-refractivity contribution in [2.45, 2.75) is 29.6 Å². The first-order valence-electron chi connectivity index (χ1n) is 10.3. The molecule has 178 valence electrons. The van der Waals surface area contributed by atoms with Gasteiger partial charge in [-0.1, -0.05) is 29.8 Å². The molecule has 2 aliphatic heterocycles. The van der Waals surface area contributed by atoms with Gasteiger partial charge in [0.15, 0.2) is 0 Å². The van der Waals surface area contributed by atoms with Gasteiger partial charge in [-0.05, 0) is 42.3 Å². The first-order chi connectivity index (χ1) is 15.6. The highest BCUT2D eigenvalue weighted by molar-refractivity contribution is 7.89. The van der Waals surface area contributed by atoms with Crippen molar-refractivity contribution in [1.82, 2.24) is 20.1 Å². The van der Waals surface area contributed by atoms with E-state index in [1.54, 1.807) is 11.0 Å². The molecule has 2 unspecified atom stereocenters. The third-order valence-electron chi connectivity index (χ3n) is 5.80. The molecule has 4 rings (SSSR count). The minimum absolute atomic E-state index is 0.00217. The molecular formula is C21H22ClF3N4O3S. The Bertz CT molecular complexity index is 1140. The molecule has 7 nitrogen and oxygen atoms in total. The van der Waals surface area contributed by atoms with Crippen LogP contribution >= 0.6 is 11.6 Å². The van der Waals surface area contributed by atoms with Crippen LogP contribution in [0.2, 0.25) is 5.02 Å². The van der Waals surface area contributed by atoms with Crippen LogP contribution < -0.4 is 10.9 Å². The summed E-state index contributed by atoms with van der Waals surface area (Å²) in [5.74, 6) is -0.164. The maximum Gasteiger partial charge on any atom is 0.416 e. The number of carbonyl (C=O) groups is 1. The van der Waals surface area contributed by atoms with E-state index >= 15 is 0 Å². The van der Waals surface area contributed by atoms with Gasteiger partial charge in [-0.2, -0.15) is 17.5 Å². The van der Waals surface area contributed by atoms with Gasteiger partial charge >= 0.3 is 6.18 Å². The van der Waals surface area contributed by atoms with Crippen LogP contribution in [0.15, 0.2) is 53.4 Å². The van der Waals surface area contributed by atoms with Crippen molar-refractivity contribution in [2.75, 3.05) is 26.2 Å². The first-order valence-corrected chi connectivity index (χ1v) is 12.1. The summed E-state index contributed by atoms with van der Waals surface area (Å²) in [6.45, 7) is 0.304. The van der Waals surface area contributed by atoms with Crippen LogP contribution in [-0.4, -0.2) is 55.8 Å². The molecule has 2 atom stereocenters. The highest BCUT2D eigenvalue weighted by Gasteiger charge is 2.37. The predicted octanol–water partition coefficient (Wildman–Crippen LogP) is 2.80. The van der Waals surface area contributed by atoms with Gasteiger partial charge in [-0.25, -0.2) is 19.3 Å². The van der Waals surface area contributed by atoms with Crippen LogP contribution in [0.4, 0.5) is 13.2 Å². The number of hydrogen-bond acceptors (Lipinski definition) is 5. The Hall–Kier alpha value is -2.18. The van der Waals surface area contributed by atoms with Gasteiger partial charge < -0.3 is 4.90 Å². The van der Waals surface area contributed by atoms with Gasteiger partial charge in [0, 0.05) is 37.2 Å². The van der Waals surface area contributed by atoms with Gasteiger partial charge in [-0.15, -0.1) is 0 Å². The highest BCUT2D eigenvalue weighted by Crippen LogP contribution is 2.31. The lowest BCUT2D eigenvalue weighted by Gasteiger charge is -2.35. The maximum atomic E-state index is 13.0. The molecule has 12 heteroatoms. The monoisotopic (exact) mass is 502 g/mol. The fourth-order valence-corrected chi connectivity index (χ4v) is 5.68. The zero-order valence-electron chi connectivity index (χ0n) is 17.3. The van der Waals surface area contributed by atoms with Gasteiger partial charge in [0.25, 0.3) is 0 Å². The summed E-state index contributed by atoms with van der Waals surface area (Å²) in [6, 6.07) is 10.4. The largest absolute Gasteiger partial charge is 0.416 e. The molecule has 0 radical (unpaired) electrons. The van der Waals surface area contributed by atoms with E-state index in [9.17, 15) is 26.4 Å². The molecule has 0 aliphatic carbocycles. The molecule has 2 aliphatic rings. The lowest BCUT2D eigenvalue weighted by molar-refractivity contribution is -0.138. The number of halogens is 4. The second-order valence-electron chi connectivity index (χ2n) is 7.94. The number of benzene rings is 2. The average molecular weight is 503 g/mol. The van der Waals surface area contributed by atoms with E-state index in [2.05, 4.69) is 10.9 Å². The molecule has 0 bridgehead atoms. The van der Waals surface area contributed by atoms with Crippen molar-refractivity contribution in [1.29, 1.82) is 0 Å². The van der Waals surface area contributed by atoms with Crippen LogP contribution in [0.3, 0.4) is 0 Å². The normalized spacial score (nSPS) is 22.5. The summed E-state index contributed by atoms with van der Waals surface area (Å²) >= 11 is 6.04. The number of hydrazine groups is 1. The maximum absolute atomic E-state index is 13.0. The minimum atomic E-state index is -4.64. The number of piperazine rings is 1. The number of alkyl halides is 3. The zero-order chi connectivity index (χ0) is 23.8. The zero-order valence-corrected chi connectivity index (χ0v) is 18.9. The number of amides is 1. The standard InChI is InChI=1S/C21H22ClF3N4O3S/c22-16-5-1-3-14(11-16)18-13-19(27-26-18)20(30)28-7-9-29(10-8-28)33(31,32)17-6-2-4-15(12-17)21(23,24)25/h1-6,11-12,18-19,26-27H,7-10,13H2. The lowest BCUT2D eigenvalue weighted by atomic mass is 10.0. The number of carbonyl (C=O) groups excluding carboxylic acids is 1. The van der Waals surface area contributed by atoms with E-state index in [0.29, 0.717) is 17.5 Å². The Labute approximate surface area is 194 Å². The van der Waals surface area contributed by atoms with Crippen LogP contribution in [0.25, 0.3) is 0 Å². The summed E-state index contributed by atoms with van der Waals surface area (Å²) in [7, 11) is -4.11. The molecule has 1 amide bonds. The summed E-state index contributed by atoms with van der Waals surface area (Å²) in [5.41, 5.74) is 6.00. The Morgan fingerprint density at radius 3 is 2.36 bits per heavy atom. The third-order valence-corrected chi connectivity index (χ3v) is 7.93. The van der Waals surface area contributed by atoms with E-state index in [1.165, 1.54) is 0 Å². The summed E-state index contributed by atoms with van der Waals surface area (Å²) < 4.78 is 65.7. The van der Waals surface area contributed by atoms with E-state index in [-0.39, 0.29) is 38.1 Å². The number of nitrogens with one attached hydrogen (secondary N) is 2. The number of nitrogens with zero attached hydrogens (tertiary/aromatic N) is 2. The van der Waals surface area contributed by atoms with E-state index in [4.69, 9.17) is 11.6 Å². The van der Waals surface area contributed by atoms with E-state index in [0.717, 1.165) is 28.1 Å². The third kappa shape index (κ3) is 5.17. The van der Waals surface area contributed by atoms with Crippen molar-refractivity contribution in [3.63, 3.8) is 0 Å². The summed E-state index contributed by atoms with van der Waals surface area (Å²) in [6.07, 6.45) is -4.14. The molecule has 0 saturated carbocycles. The first kappa shape index (κ1) is 24.0. The molecule has 33 heavy (non-hydrogen) atoms. The van der Waals surface area contributed by atoms with Gasteiger partial charge in [0.1, 0.15) is 6.04 Å². The predicted molar refractivity (Wildman–Crippen MR) is 116 cm³/mol. The number of sulfonamides is 1. The smallest absolute Gasteiger partial charge is 0.339 e. The molecule has 2 aromatic carbocycles. The second-order valence-corrected chi connectivity index (χ2v) is 10.3. The molecule has 2 saturated heterocycles. The van der Waals surface area contributed by atoms with Crippen molar-refractivity contribution in [3.05, 3.63) is 64.7 Å². The van der Waals surface area contributed by atoms with Crippen LogP contribution in [0.5, 0.6) is 0 Å². The highest BCUT2D eigenvalue weighted by atomic mass is 35.5. The van der Waals surface area contributed by atoms with Crippen LogP contribution in [-0.2, 0) is 21.0 Å². The Morgan fingerprint density at radius 2 is 1.70 bits per heavy atom. The fraction of sp³-hybridized carbons (Fsp3) is 0.381. The summed E-state index contributed by atoms with van der Waals surface area (Å²) in [4.78, 5) is 14.1. The van der Waals surface area contributed by atoms with Crippen molar-refractivity contribution < 1.29 is 26.4 Å². The Morgan fingerprint density at radius 1 is 1.00 bits per heavy atom. The number of rotatable bonds is 4. The Kier molecular flexibility index (Phi) is 6.70. The fourth-order valence-electron chi connectivity index (χ4n) is 4.01. The number of hydrogen-bond donors (Lipinski definition) is 2. The second kappa shape index (κ2) is 9.22. The van der Waals surface area contributed by atoms with Crippen LogP contribution in [0, 0.1) is 0 Å². The van der Waals surface area contributed by atoms with Crippen molar-refractivity contribution in [2.24, 2.45) is 0 Å². The molecule has 2 aromatic rings. The topological polar surface area (TPSA) is 81.8 Å². The molecular weight excluding hydrogens is 481 g/mol. The SMILES string of the molecule is O=C(C1CC(c2cccc(Cl)c2)NN1)N1CCN(S(=O)(=O)c2cccc(C(F)(F)F)c2)CC1. The van der Waals surface area contributed by atoms with Crippen LogP contribution in [0.1, 0.15) is 23.6 Å². The lowest BCUT2D eigenvalue weighted by Crippen LogP contribution is -2.54. The van der Waals surface area contributed by atoms with Gasteiger partial charge in [-0.3, -0.25) is 4.79 Å². The van der Waals surface area contributed by atoms with E-state index < -0.39 is 32.7 Å². The van der Waals surface area contributed by atoms with Gasteiger partial charge in [0.05, 0.1) is 10.5 Å². The molecule has 2 heterocycles. The van der Waals surface area contributed by atoms with Gasteiger partial charge in [0.2, 0.25) is 15.9 Å². The quantitative estimate of drug-likeness (QED) is 0.672.